The van der Waals surface area contributed by atoms with Crippen molar-refractivity contribution in [1.82, 2.24) is 0 Å². The number of hydrogen-bond donors (Lipinski definition) is 0. The molecule has 0 spiro atoms. The fourth-order valence-corrected chi connectivity index (χ4v) is 4.91. The van der Waals surface area contributed by atoms with Gasteiger partial charge in [-0.05, 0) is 59.1 Å². The van der Waals surface area contributed by atoms with E-state index in [4.69, 9.17) is 23.2 Å². The molecule has 0 saturated heterocycles. The summed E-state index contributed by atoms with van der Waals surface area (Å²) in [7, 11) is 0. The maximum atomic E-state index is 6.10. The van der Waals surface area contributed by atoms with Crippen LogP contribution in [-0.2, 0) is 0 Å². The van der Waals surface area contributed by atoms with E-state index in [9.17, 15) is 0 Å². The lowest BCUT2D eigenvalue weighted by atomic mass is 9.68. The number of fused-ring (bicyclic) bond motifs is 1. The summed E-state index contributed by atoms with van der Waals surface area (Å²) in [5, 5.41) is 1.58. The van der Waals surface area contributed by atoms with Gasteiger partial charge in [0.05, 0.1) is 0 Å². The number of rotatable bonds is 2. The van der Waals surface area contributed by atoms with Crippen LogP contribution in [0, 0.1) is 29.1 Å². The van der Waals surface area contributed by atoms with Crippen LogP contribution in [0.4, 0.5) is 0 Å². The number of hydrogen-bond acceptors (Lipinski definition) is 0. The van der Waals surface area contributed by atoms with Crippen LogP contribution in [0.2, 0.25) is 10.0 Å². The van der Waals surface area contributed by atoms with Gasteiger partial charge in [-0.2, -0.15) is 0 Å². The van der Waals surface area contributed by atoms with Crippen molar-refractivity contribution < 1.29 is 0 Å². The van der Waals surface area contributed by atoms with Crippen LogP contribution >= 0.6 is 23.2 Å². The third-order valence-electron chi connectivity index (χ3n) is 5.53. The molecule has 2 aromatic rings. The molecule has 4 rings (SSSR count). The third kappa shape index (κ3) is 2.52. The summed E-state index contributed by atoms with van der Waals surface area (Å²) in [6.45, 7) is 4.71. The first kappa shape index (κ1) is 16.2. The van der Waals surface area contributed by atoms with Gasteiger partial charge in [0, 0.05) is 21.9 Å². The van der Waals surface area contributed by atoms with Gasteiger partial charge in [-0.15, -0.1) is 0 Å². The van der Waals surface area contributed by atoms with Gasteiger partial charge < -0.3 is 0 Å². The third-order valence-corrected chi connectivity index (χ3v) is 6.03. The summed E-state index contributed by atoms with van der Waals surface area (Å²) in [5.74, 6) is 4.06. The van der Waals surface area contributed by atoms with Crippen molar-refractivity contribution in [2.45, 2.75) is 20.3 Å². The number of allylic oxidation sites excluding steroid dienone is 2. The Morgan fingerprint density at radius 3 is 1.83 bits per heavy atom. The lowest BCUT2D eigenvalue weighted by Crippen LogP contribution is -2.26. The van der Waals surface area contributed by atoms with Gasteiger partial charge in [-0.3, -0.25) is 0 Å². The Kier molecular flexibility index (Phi) is 4.01. The minimum atomic E-state index is 0.0156. The normalized spacial score (nSPS) is 26.0. The van der Waals surface area contributed by atoms with E-state index in [-0.39, 0.29) is 5.41 Å². The highest BCUT2D eigenvalue weighted by Crippen LogP contribution is 2.64. The second kappa shape index (κ2) is 5.93. The van der Waals surface area contributed by atoms with Crippen molar-refractivity contribution in [3.8, 4) is 0 Å². The number of benzene rings is 2. The Morgan fingerprint density at radius 1 is 0.792 bits per heavy atom. The molecule has 2 aromatic carbocycles. The second-order valence-electron chi connectivity index (χ2n) is 7.26. The van der Waals surface area contributed by atoms with Crippen LogP contribution in [0.5, 0.6) is 0 Å². The molecule has 0 bridgehead atoms. The fraction of sp³-hybridized carbons (Fsp3) is 0.273. The summed E-state index contributed by atoms with van der Waals surface area (Å²) in [6.07, 6.45) is 5.83. The van der Waals surface area contributed by atoms with E-state index in [1.165, 1.54) is 23.0 Å². The molecule has 0 N–H and O–H groups in total. The first-order chi connectivity index (χ1) is 11.5. The summed E-state index contributed by atoms with van der Waals surface area (Å²) in [4.78, 5) is 0. The highest BCUT2D eigenvalue weighted by atomic mass is 35.5. The molecule has 24 heavy (non-hydrogen) atoms. The molecule has 2 atom stereocenters. The van der Waals surface area contributed by atoms with E-state index in [2.05, 4.69) is 50.3 Å². The molecule has 2 aliphatic rings. The second-order valence-corrected chi connectivity index (χ2v) is 8.14. The van der Waals surface area contributed by atoms with Gasteiger partial charge in [0.1, 0.15) is 0 Å². The van der Waals surface area contributed by atoms with Crippen molar-refractivity contribution in [3.05, 3.63) is 93.7 Å². The van der Waals surface area contributed by atoms with E-state index >= 15 is 0 Å². The van der Waals surface area contributed by atoms with E-state index in [0.717, 1.165) is 16.5 Å². The topological polar surface area (TPSA) is 0 Å². The quantitative estimate of drug-likeness (QED) is 0.522. The monoisotopic (exact) mass is 354 g/mol. The van der Waals surface area contributed by atoms with E-state index < -0.39 is 0 Å². The highest BCUT2D eigenvalue weighted by Gasteiger charge is 2.56. The molecule has 0 nitrogen and oxygen atoms in total. The van der Waals surface area contributed by atoms with Crippen molar-refractivity contribution in [2.75, 3.05) is 0 Å². The van der Waals surface area contributed by atoms with Crippen molar-refractivity contribution >= 4 is 23.2 Å². The van der Waals surface area contributed by atoms with E-state index in [1.54, 1.807) is 0 Å². The molecule has 0 heterocycles. The van der Waals surface area contributed by atoms with Gasteiger partial charge >= 0.3 is 0 Å². The molecule has 0 aromatic heterocycles. The van der Waals surface area contributed by atoms with Crippen molar-refractivity contribution in [2.24, 2.45) is 17.3 Å². The summed E-state index contributed by atoms with van der Waals surface area (Å²) in [6, 6.07) is 16.6. The Balaban J connectivity index is 1.79. The maximum Gasteiger partial charge on any atom is 0.0406 e. The van der Waals surface area contributed by atoms with Crippen molar-refractivity contribution in [1.29, 1.82) is 0 Å². The fourth-order valence-electron chi connectivity index (χ4n) is 4.66. The zero-order valence-corrected chi connectivity index (χ0v) is 15.4. The van der Waals surface area contributed by atoms with Gasteiger partial charge in [0.25, 0.3) is 0 Å². The minimum Gasteiger partial charge on any atom is -0.0879 e. The predicted molar refractivity (Wildman–Crippen MR) is 102 cm³/mol. The molecule has 2 unspecified atom stereocenters. The van der Waals surface area contributed by atoms with Crippen LogP contribution in [0.1, 0.15) is 31.4 Å². The molecule has 1 fully saturated rings. The van der Waals surface area contributed by atoms with Crippen LogP contribution in [0.3, 0.4) is 0 Å². The van der Waals surface area contributed by atoms with E-state index in [0.29, 0.717) is 11.8 Å². The zero-order chi connectivity index (χ0) is 16.9. The first-order valence-corrected chi connectivity index (χ1v) is 9.17. The van der Waals surface area contributed by atoms with Crippen molar-refractivity contribution in [3.63, 3.8) is 0 Å². The lowest BCUT2D eigenvalue weighted by molar-refractivity contribution is 0.451. The molecule has 1 saturated carbocycles. The largest absolute Gasteiger partial charge is 0.0879 e. The SMILES string of the molecule is CC1(C)[C](c2ccc(Cl)cc2)C2C=CCC2[C]1c1ccc(Cl)cc1. The van der Waals surface area contributed by atoms with Gasteiger partial charge in [0.2, 0.25) is 0 Å². The van der Waals surface area contributed by atoms with Gasteiger partial charge in [-0.25, -0.2) is 0 Å². The summed E-state index contributed by atoms with van der Waals surface area (Å²) < 4.78 is 0. The predicted octanol–water partition coefficient (Wildman–Crippen LogP) is 6.77. The standard InChI is InChI=1S/C22H20Cl2/c1-22(2)20(14-6-10-16(23)11-7-14)18-4-3-5-19(18)21(22)15-8-12-17(24)13-9-15/h3-4,6-13,18-19H,5H2,1-2H3. The maximum absolute atomic E-state index is 6.10. The number of halogens is 2. The van der Waals surface area contributed by atoms with Gasteiger partial charge in [0.15, 0.2) is 0 Å². The molecule has 0 amide bonds. The Labute approximate surface area is 154 Å². The molecule has 2 aliphatic carbocycles. The van der Waals surface area contributed by atoms with Crippen LogP contribution in [0.25, 0.3) is 0 Å². The molecule has 2 heteroatoms. The Hall–Kier alpha value is -1.24. The zero-order valence-electron chi connectivity index (χ0n) is 13.9. The summed E-state index contributed by atoms with van der Waals surface area (Å²) in [5.41, 5.74) is 2.63. The minimum absolute atomic E-state index is 0.0156. The summed E-state index contributed by atoms with van der Waals surface area (Å²) >= 11 is 12.2. The average Bonchev–Trinajstić information content (AvgIpc) is 3.07. The van der Waals surface area contributed by atoms with E-state index in [1.807, 2.05) is 24.3 Å². The lowest BCUT2D eigenvalue weighted by Gasteiger charge is -2.35. The molecular formula is C22H20Cl2. The first-order valence-electron chi connectivity index (χ1n) is 8.41. The van der Waals surface area contributed by atoms with Crippen LogP contribution in [-0.4, -0.2) is 0 Å². The van der Waals surface area contributed by atoms with Gasteiger partial charge in [-0.1, -0.05) is 73.5 Å². The smallest absolute Gasteiger partial charge is 0.0406 e. The Bertz CT molecular complexity index is 756. The van der Waals surface area contributed by atoms with Crippen LogP contribution in [0.15, 0.2) is 60.7 Å². The highest BCUT2D eigenvalue weighted by molar-refractivity contribution is 6.30. The molecule has 2 radical (unpaired) electrons. The average molecular weight is 355 g/mol. The van der Waals surface area contributed by atoms with Crippen LogP contribution < -0.4 is 0 Å². The molecule has 122 valence electrons. The Morgan fingerprint density at radius 2 is 1.29 bits per heavy atom. The molecule has 0 aliphatic heterocycles. The molecular weight excluding hydrogens is 335 g/mol.